The summed E-state index contributed by atoms with van der Waals surface area (Å²) in [7, 11) is 0. The number of aryl methyl sites for hydroxylation is 2. The van der Waals surface area contributed by atoms with E-state index in [1.165, 1.54) is 12.1 Å². The molecule has 0 saturated heterocycles. The number of benzene rings is 2. The Hall–Kier alpha value is -1.62. The zero-order chi connectivity index (χ0) is 14.2. The Bertz CT molecular complexity index is 586. The SMILES string of the molecule is Cc1cc(Nc2cc(F)c(Br)cc2C)c(N)cc1F. The minimum Gasteiger partial charge on any atom is -0.397 e. The van der Waals surface area contributed by atoms with Crippen molar-refractivity contribution in [3.05, 3.63) is 51.5 Å². The number of nitrogen functional groups attached to an aromatic ring is 1. The molecule has 0 aliphatic heterocycles. The van der Waals surface area contributed by atoms with Gasteiger partial charge in [0.05, 0.1) is 15.8 Å². The first kappa shape index (κ1) is 13.8. The summed E-state index contributed by atoms with van der Waals surface area (Å²) in [5.74, 6) is -0.729. The van der Waals surface area contributed by atoms with E-state index in [2.05, 4.69) is 21.2 Å². The van der Waals surface area contributed by atoms with Crippen LogP contribution in [0.25, 0.3) is 0 Å². The summed E-state index contributed by atoms with van der Waals surface area (Å²) in [5, 5.41) is 3.02. The van der Waals surface area contributed by atoms with Gasteiger partial charge in [-0.3, -0.25) is 0 Å². The molecule has 0 unspecified atom stereocenters. The van der Waals surface area contributed by atoms with Crippen LogP contribution in [0.5, 0.6) is 0 Å². The van der Waals surface area contributed by atoms with Crippen LogP contribution >= 0.6 is 15.9 Å². The molecule has 2 aromatic carbocycles. The molecule has 0 aromatic heterocycles. The number of nitrogens with one attached hydrogen (secondary N) is 1. The highest BCUT2D eigenvalue weighted by Crippen LogP contribution is 2.30. The van der Waals surface area contributed by atoms with Gasteiger partial charge < -0.3 is 11.1 Å². The van der Waals surface area contributed by atoms with Crippen LogP contribution < -0.4 is 11.1 Å². The Morgan fingerprint density at radius 1 is 0.947 bits per heavy atom. The molecule has 0 heterocycles. The van der Waals surface area contributed by atoms with E-state index in [0.29, 0.717) is 21.4 Å². The van der Waals surface area contributed by atoms with Gasteiger partial charge in [-0.1, -0.05) is 0 Å². The normalized spacial score (nSPS) is 10.6. The second kappa shape index (κ2) is 5.17. The minimum absolute atomic E-state index is 0.283. The van der Waals surface area contributed by atoms with Gasteiger partial charge >= 0.3 is 0 Å². The summed E-state index contributed by atoms with van der Waals surface area (Å²) in [6.07, 6.45) is 0. The molecule has 2 rings (SSSR count). The smallest absolute Gasteiger partial charge is 0.139 e. The van der Waals surface area contributed by atoms with Crippen molar-refractivity contribution in [3.8, 4) is 0 Å². The molecule has 0 bridgehead atoms. The third-order valence-electron chi connectivity index (χ3n) is 2.87. The van der Waals surface area contributed by atoms with Gasteiger partial charge in [-0.05, 0) is 65.2 Å². The van der Waals surface area contributed by atoms with Crippen molar-refractivity contribution in [3.63, 3.8) is 0 Å². The van der Waals surface area contributed by atoms with Crippen molar-refractivity contribution in [2.45, 2.75) is 13.8 Å². The first-order valence-electron chi connectivity index (χ1n) is 5.67. The third-order valence-corrected chi connectivity index (χ3v) is 3.48. The number of nitrogens with two attached hydrogens (primary N) is 1. The highest BCUT2D eigenvalue weighted by molar-refractivity contribution is 9.10. The maximum atomic E-state index is 13.5. The number of hydrogen-bond acceptors (Lipinski definition) is 2. The van der Waals surface area contributed by atoms with Gasteiger partial charge in [-0.15, -0.1) is 0 Å². The highest BCUT2D eigenvalue weighted by Gasteiger charge is 2.09. The molecule has 0 radical (unpaired) electrons. The fourth-order valence-corrected chi connectivity index (χ4v) is 2.19. The Balaban J connectivity index is 2.42. The molecule has 3 N–H and O–H groups in total. The van der Waals surface area contributed by atoms with Crippen LogP contribution in [0.15, 0.2) is 28.7 Å². The topological polar surface area (TPSA) is 38.0 Å². The zero-order valence-corrected chi connectivity index (χ0v) is 12.1. The standard InChI is InChI=1S/C14H13BrF2N2/c1-7-4-14(12(18)5-10(7)16)19-13-6-11(17)9(15)3-8(13)2/h3-6,19H,18H2,1-2H3. The average molecular weight is 327 g/mol. The summed E-state index contributed by atoms with van der Waals surface area (Å²) < 4.78 is 27.3. The minimum atomic E-state index is -0.370. The van der Waals surface area contributed by atoms with E-state index in [1.54, 1.807) is 19.1 Å². The first-order chi connectivity index (χ1) is 8.88. The molecule has 0 spiro atoms. The predicted molar refractivity (Wildman–Crippen MR) is 77.7 cm³/mol. The van der Waals surface area contributed by atoms with Crippen LogP contribution in [0.2, 0.25) is 0 Å². The van der Waals surface area contributed by atoms with E-state index in [9.17, 15) is 8.78 Å². The van der Waals surface area contributed by atoms with Crippen molar-refractivity contribution >= 4 is 33.0 Å². The predicted octanol–water partition coefficient (Wildman–Crippen LogP) is 4.67. The molecule has 0 atom stereocenters. The van der Waals surface area contributed by atoms with Gasteiger partial charge in [0, 0.05) is 5.69 Å². The molecule has 0 saturated carbocycles. The Kier molecular flexibility index (Phi) is 3.75. The van der Waals surface area contributed by atoms with E-state index in [4.69, 9.17) is 5.73 Å². The van der Waals surface area contributed by atoms with Crippen molar-refractivity contribution in [2.75, 3.05) is 11.1 Å². The molecule has 19 heavy (non-hydrogen) atoms. The number of anilines is 3. The summed E-state index contributed by atoms with van der Waals surface area (Å²) >= 11 is 3.12. The number of rotatable bonds is 2. The lowest BCUT2D eigenvalue weighted by Gasteiger charge is -2.13. The lowest BCUT2D eigenvalue weighted by molar-refractivity contribution is 0.619. The van der Waals surface area contributed by atoms with Crippen LogP contribution in [0.1, 0.15) is 11.1 Å². The van der Waals surface area contributed by atoms with Crippen molar-refractivity contribution in [2.24, 2.45) is 0 Å². The van der Waals surface area contributed by atoms with Gasteiger partial charge in [-0.25, -0.2) is 8.78 Å². The Morgan fingerprint density at radius 3 is 2.32 bits per heavy atom. The molecule has 0 amide bonds. The van der Waals surface area contributed by atoms with Crippen LogP contribution in [-0.2, 0) is 0 Å². The fraction of sp³-hybridized carbons (Fsp3) is 0.143. The highest BCUT2D eigenvalue weighted by atomic mass is 79.9. The molecule has 0 aliphatic carbocycles. The Labute approximate surface area is 118 Å². The second-order valence-electron chi connectivity index (χ2n) is 4.39. The molecule has 2 nitrogen and oxygen atoms in total. The summed E-state index contributed by atoms with van der Waals surface area (Å²) in [6, 6.07) is 5.90. The maximum absolute atomic E-state index is 13.5. The third kappa shape index (κ3) is 2.87. The maximum Gasteiger partial charge on any atom is 0.139 e. The van der Waals surface area contributed by atoms with Gasteiger partial charge in [0.15, 0.2) is 0 Å². The van der Waals surface area contributed by atoms with Gasteiger partial charge in [0.25, 0.3) is 0 Å². The van der Waals surface area contributed by atoms with E-state index in [1.807, 2.05) is 6.92 Å². The van der Waals surface area contributed by atoms with E-state index < -0.39 is 0 Å². The lowest BCUT2D eigenvalue weighted by Crippen LogP contribution is -2.00. The summed E-state index contributed by atoms with van der Waals surface area (Å²) in [4.78, 5) is 0. The van der Waals surface area contributed by atoms with Crippen LogP contribution in [-0.4, -0.2) is 0 Å². The fourth-order valence-electron chi connectivity index (χ4n) is 1.73. The monoisotopic (exact) mass is 326 g/mol. The van der Waals surface area contributed by atoms with E-state index in [0.717, 1.165) is 5.56 Å². The molecular weight excluding hydrogens is 314 g/mol. The first-order valence-corrected chi connectivity index (χ1v) is 6.46. The molecule has 0 fully saturated rings. The van der Waals surface area contributed by atoms with Gasteiger partial charge in [0.1, 0.15) is 11.6 Å². The molecule has 0 aliphatic rings. The van der Waals surface area contributed by atoms with E-state index >= 15 is 0 Å². The van der Waals surface area contributed by atoms with Crippen LogP contribution in [0.4, 0.5) is 25.8 Å². The quantitative estimate of drug-likeness (QED) is 0.787. The average Bonchev–Trinajstić information content (AvgIpc) is 2.32. The van der Waals surface area contributed by atoms with Crippen LogP contribution in [0.3, 0.4) is 0 Å². The van der Waals surface area contributed by atoms with Crippen LogP contribution in [0, 0.1) is 25.5 Å². The largest absolute Gasteiger partial charge is 0.397 e. The molecule has 2 aromatic rings. The number of halogens is 3. The zero-order valence-electron chi connectivity index (χ0n) is 10.5. The van der Waals surface area contributed by atoms with Crippen molar-refractivity contribution in [1.29, 1.82) is 0 Å². The summed E-state index contributed by atoms with van der Waals surface area (Å²) in [6.45, 7) is 3.49. The Morgan fingerprint density at radius 2 is 1.63 bits per heavy atom. The second-order valence-corrected chi connectivity index (χ2v) is 5.25. The molecule has 100 valence electrons. The lowest BCUT2D eigenvalue weighted by atomic mass is 10.1. The van der Waals surface area contributed by atoms with Crippen molar-refractivity contribution in [1.82, 2.24) is 0 Å². The van der Waals surface area contributed by atoms with Crippen molar-refractivity contribution < 1.29 is 8.78 Å². The number of hydrogen-bond donors (Lipinski definition) is 2. The molecular formula is C14H13BrF2N2. The van der Waals surface area contributed by atoms with E-state index in [-0.39, 0.29) is 17.3 Å². The summed E-state index contributed by atoms with van der Waals surface area (Å²) in [5.41, 5.74) is 8.52. The van der Waals surface area contributed by atoms with Gasteiger partial charge in [-0.2, -0.15) is 0 Å². The molecule has 5 heteroatoms. The van der Waals surface area contributed by atoms with Gasteiger partial charge in [0.2, 0.25) is 0 Å².